The van der Waals surface area contributed by atoms with Gasteiger partial charge in [0.25, 0.3) is 0 Å². The van der Waals surface area contributed by atoms with Crippen LogP contribution in [0.5, 0.6) is 23.1 Å². The molecule has 11 nitrogen and oxygen atoms in total. The first-order valence-electron chi connectivity index (χ1n) is 11.6. The third-order valence-corrected chi connectivity index (χ3v) is 5.96. The quantitative estimate of drug-likeness (QED) is 0.233. The number of aromatic amines is 1. The predicted molar refractivity (Wildman–Crippen MR) is 135 cm³/mol. The lowest BCUT2D eigenvalue weighted by molar-refractivity contribution is -0.137. The highest BCUT2D eigenvalue weighted by molar-refractivity contribution is 6.32. The van der Waals surface area contributed by atoms with Crippen LogP contribution in [-0.4, -0.2) is 51.4 Å². The van der Waals surface area contributed by atoms with Crippen molar-refractivity contribution in [3.8, 4) is 28.8 Å². The number of aromatic nitrogens is 4. The van der Waals surface area contributed by atoms with Gasteiger partial charge in [-0.25, -0.2) is 27.5 Å². The van der Waals surface area contributed by atoms with Crippen molar-refractivity contribution in [3.05, 3.63) is 62.8 Å². The molecule has 0 saturated carbocycles. The maximum atomic E-state index is 14.6. The SMILES string of the molecule is COc1ccc(F)c(F)c1COc1cc(-n2c(=O)[nH]c3c(OC)nc(CF)nc32)c(Cl)cc1OCCCC(=O)O. The number of hydrogen-bond acceptors (Lipinski definition) is 8. The monoisotopic (exact) mass is 582 g/mol. The Kier molecular flexibility index (Phi) is 8.67. The smallest absolute Gasteiger partial charge is 0.332 e. The summed E-state index contributed by atoms with van der Waals surface area (Å²) in [5.41, 5.74) is -0.915. The van der Waals surface area contributed by atoms with Crippen LogP contribution in [0.4, 0.5) is 13.2 Å². The Balaban J connectivity index is 1.82. The van der Waals surface area contributed by atoms with Crippen molar-refractivity contribution in [2.75, 3.05) is 20.8 Å². The number of ether oxygens (including phenoxy) is 4. The average Bonchev–Trinajstić information content (AvgIpc) is 3.27. The third kappa shape index (κ3) is 5.76. The molecule has 0 bridgehead atoms. The fourth-order valence-electron chi connectivity index (χ4n) is 3.81. The molecule has 2 aromatic heterocycles. The van der Waals surface area contributed by atoms with Gasteiger partial charge in [-0.2, -0.15) is 4.98 Å². The topological polar surface area (TPSA) is 138 Å². The van der Waals surface area contributed by atoms with Crippen molar-refractivity contribution in [1.82, 2.24) is 19.5 Å². The molecular weight excluding hydrogens is 561 g/mol. The van der Waals surface area contributed by atoms with Crippen LogP contribution >= 0.6 is 11.6 Å². The van der Waals surface area contributed by atoms with Crippen molar-refractivity contribution >= 4 is 28.7 Å². The summed E-state index contributed by atoms with van der Waals surface area (Å²) in [5, 5.41) is 8.86. The Morgan fingerprint density at radius 1 is 1.10 bits per heavy atom. The van der Waals surface area contributed by atoms with Crippen molar-refractivity contribution in [2.24, 2.45) is 0 Å². The largest absolute Gasteiger partial charge is 0.496 e. The van der Waals surface area contributed by atoms with Crippen molar-refractivity contribution in [2.45, 2.75) is 26.1 Å². The zero-order valence-corrected chi connectivity index (χ0v) is 21.9. The lowest BCUT2D eigenvalue weighted by Gasteiger charge is -2.17. The number of nitrogens with zero attached hydrogens (tertiary/aromatic N) is 3. The third-order valence-electron chi connectivity index (χ3n) is 5.65. The Labute approximate surface area is 229 Å². The number of H-pyrrole nitrogens is 1. The number of carboxylic acids is 1. The van der Waals surface area contributed by atoms with Gasteiger partial charge in [0.2, 0.25) is 5.88 Å². The summed E-state index contributed by atoms with van der Waals surface area (Å²) in [7, 11) is 2.56. The van der Waals surface area contributed by atoms with E-state index in [0.717, 1.165) is 10.6 Å². The van der Waals surface area contributed by atoms with E-state index in [2.05, 4.69) is 15.0 Å². The summed E-state index contributed by atoms with van der Waals surface area (Å²) in [6, 6.07) is 4.72. The second-order valence-electron chi connectivity index (χ2n) is 8.17. The number of carboxylic acid groups (broad SMARTS) is 1. The molecule has 2 aromatic carbocycles. The van der Waals surface area contributed by atoms with Crippen molar-refractivity contribution < 1.29 is 42.0 Å². The molecule has 0 aliphatic rings. The second kappa shape index (κ2) is 12.2. The first-order valence-corrected chi connectivity index (χ1v) is 12.0. The highest BCUT2D eigenvalue weighted by Crippen LogP contribution is 2.38. The summed E-state index contributed by atoms with van der Waals surface area (Å²) in [6.07, 6.45) is -0.0258. The van der Waals surface area contributed by atoms with Crippen LogP contribution in [0.2, 0.25) is 5.02 Å². The molecule has 0 radical (unpaired) electrons. The lowest BCUT2D eigenvalue weighted by Crippen LogP contribution is -2.16. The van der Waals surface area contributed by atoms with Crippen LogP contribution in [0.15, 0.2) is 29.1 Å². The highest BCUT2D eigenvalue weighted by atomic mass is 35.5. The van der Waals surface area contributed by atoms with Crippen LogP contribution in [0, 0.1) is 11.6 Å². The standard InChI is InChI=1S/C25H22ClF3N4O7/c1-37-16-6-5-14(28)21(29)12(16)11-40-18-9-15(13(26)8-17(18)39-7-3-4-20(34)35)33-23-22(32-25(33)36)24(38-2)31-19(10-27)30-23/h5-6,8-9H,3-4,7,10-11H2,1-2H3,(H,32,36)(H,34,35). The first-order chi connectivity index (χ1) is 19.2. The van der Waals surface area contributed by atoms with Crippen molar-refractivity contribution in [3.63, 3.8) is 0 Å². The van der Waals surface area contributed by atoms with E-state index in [4.69, 9.17) is 35.7 Å². The van der Waals surface area contributed by atoms with Gasteiger partial charge < -0.3 is 24.1 Å². The minimum atomic E-state index is -1.19. The number of halogens is 4. The number of aliphatic carboxylic acids is 1. The second-order valence-corrected chi connectivity index (χ2v) is 8.58. The minimum Gasteiger partial charge on any atom is -0.496 e. The summed E-state index contributed by atoms with van der Waals surface area (Å²) in [5.74, 6) is -3.67. The molecule has 4 aromatic rings. The van der Waals surface area contributed by atoms with E-state index < -0.39 is 36.6 Å². The molecule has 0 saturated heterocycles. The molecule has 0 unspecified atom stereocenters. The van der Waals surface area contributed by atoms with E-state index >= 15 is 0 Å². The Morgan fingerprint density at radius 2 is 1.85 bits per heavy atom. The molecule has 2 heterocycles. The number of rotatable bonds is 12. The zero-order chi connectivity index (χ0) is 29.0. The number of benzene rings is 2. The lowest BCUT2D eigenvalue weighted by atomic mass is 10.2. The van der Waals surface area contributed by atoms with Gasteiger partial charge in [-0.15, -0.1) is 0 Å². The molecule has 0 aliphatic carbocycles. The number of nitrogens with one attached hydrogen (secondary N) is 1. The van der Waals surface area contributed by atoms with E-state index in [9.17, 15) is 22.8 Å². The molecule has 15 heteroatoms. The van der Waals surface area contributed by atoms with Crippen LogP contribution in [0.25, 0.3) is 16.9 Å². The molecule has 0 spiro atoms. The molecular formula is C25H22ClF3N4O7. The van der Waals surface area contributed by atoms with Gasteiger partial charge in [0.05, 0.1) is 37.1 Å². The fourth-order valence-corrected chi connectivity index (χ4v) is 4.05. The number of alkyl halides is 1. The van der Waals surface area contributed by atoms with Gasteiger partial charge in [-0.3, -0.25) is 9.78 Å². The zero-order valence-electron chi connectivity index (χ0n) is 21.1. The summed E-state index contributed by atoms with van der Waals surface area (Å²) in [6.45, 7) is -1.62. The first kappa shape index (κ1) is 28.5. The number of imidazole rings is 1. The van der Waals surface area contributed by atoms with Crippen molar-refractivity contribution in [1.29, 1.82) is 0 Å². The van der Waals surface area contributed by atoms with E-state index in [0.29, 0.717) is 0 Å². The molecule has 0 fully saturated rings. The number of carbonyl (C=O) groups is 1. The fraction of sp³-hybridized carbons (Fsp3) is 0.280. The van der Waals surface area contributed by atoms with E-state index in [1.807, 2.05) is 0 Å². The van der Waals surface area contributed by atoms with E-state index in [-0.39, 0.29) is 75.8 Å². The van der Waals surface area contributed by atoms with Gasteiger partial charge in [-0.05, 0) is 18.6 Å². The van der Waals surface area contributed by atoms with Gasteiger partial charge in [0.1, 0.15) is 24.5 Å². The molecule has 40 heavy (non-hydrogen) atoms. The van der Waals surface area contributed by atoms with Crippen LogP contribution in [-0.2, 0) is 18.1 Å². The van der Waals surface area contributed by atoms with Crippen LogP contribution in [0.3, 0.4) is 0 Å². The molecule has 0 atom stereocenters. The van der Waals surface area contributed by atoms with Gasteiger partial charge in [-0.1, -0.05) is 11.6 Å². The van der Waals surface area contributed by atoms with E-state index in [1.165, 1.54) is 32.4 Å². The molecule has 2 N–H and O–H groups in total. The molecule has 0 amide bonds. The van der Waals surface area contributed by atoms with Gasteiger partial charge >= 0.3 is 11.7 Å². The normalized spacial score (nSPS) is 11.1. The average molecular weight is 583 g/mol. The maximum absolute atomic E-state index is 14.6. The molecule has 4 rings (SSSR count). The van der Waals surface area contributed by atoms with E-state index in [1.54, 1.807) is 0 Å². The van der Waals surface area contributed by atoms with Gasteiger partial charge in [0.15, 0.2) is 34.6 Å². The summed E-state index contributed by atoms with van der Waals surface area (Å²) in [4.78, 5) is 34.3. The summed E-state index contributed by atoms with van der Waals surface area (Å²) >= 11 is 6.51. The van der Waals surface area contributed by atoms with Crippen LogP contribution < -0.4 is 24.6 Å². The molecule has 0 aliphatic heterocycles. The number of fused-ring (bicyclic) bond motifs is 1. The Bertz CT molecular complexity index is 1630. The highest BCUT2D eigenvalue weighted by Gasteiger charge is 2.22. The molecule has 212 valence electrons. The Hall–Kier alpha value is -4.46. The minimum absolute atomic E-state index is 0.0167. The summed E-state index contributed by atoms with van der Waals surface area (Å²) < 4.78 is 64.7. The predicted octanol–water partition coefficient (Wildman–Crippen LogP) is 4.35. The number of hydrogen-bond donors (Lipinski definition) is 2. The number of methoxy groups -OCH3 is 2. The maximum Gasteiger partial charge on any atom is 0.332 e. The van der Waals surface area contributed by atoms with Gasteiger partial charge in [0, 0.05) is 18.6 Å². The Morgan fingerprint density at radius 3 is 2.52 bits per heavy atom. The van der Waals surface area contributed by atoms with Crippen LogP contribution in [0.1, 0.15) is 24.2 Å².